The number of dihydropyridines is 1. The second kappa shape index (κ2) is 14.8. The zero-order chi connectivity index (χ0) is 41.0. The number of hydrogen-bond acceptors (Lipinski definition) is 2. The molecule has 0 bridgehead atoms. The molecule has 11 aromatic rings. The first-order valence-corrected chi connectivity index (χ1v) is 21.2. The van der Waals surface area contributed by atoms with Crippen LogP contribution in [0.4, 0.5) is 0 Å². The highest BCUT2D eigenvalue weighted by atomic mass is 15.0. The molecule has 1 N–H and O–H groups in total. The topological polar surface area (TPSA) is 34.8 Å². The maximum atomic E-state index is 5.19. The van der Waals surface area contributed by atoms with Gasteiger partial charge in [0.2, 0.25) is 0 Å². The molecule has 62 heavy (non-hydrogen) atoms. The van der Waals surface area contributed by atoms with E-state index in [9.17, 15) is 0 Å². The molecule has 4 heteroatoms. The molecule has 0 spiro atoms. The number of nitrogens with one attached hydrogen (secondary N) is 1. The first kappa shape index (κ1) is 35.7. The summed E-state index contributed by atoms with van der Waals surface area (Å²) in [6, 6.07) is 78.3. The summed E-state index contributed by atoms with van der Waals surface area (Å²) in [6.07, 6.45) is 4.66. The Morgan fingerprint density at radius 1 is 0.371 bits per heavy atom. The van der Waals surface area contributed by atoms with Gasteiger partial charge in [0.15, 0.2) is 0 Å². The quantitative estimate of drug-likeness (QED) is 0.174. The molecule has 0 saturated carbocycles. The second-order valence-electron chi connectivity index (χ2n) is 16.0. The molecule has 1 aliphatic heterocycles. The van der Waals surface area contributed by atoms with Crippen molar-refractivity contribution in [3.63, 3.8) is 0 Å². The molecule has 4 nitrogen and oxygen atoms in total. The summed E-state index contributed by atoms with van der Waals surface area (Å²) in [5.74, 6) is 0. The molecular formula is C58H40N4. The summed E-state index contributed by atoms with van der Waals surface area (Å²) in [6.45, 7) is 0. The van der Waals surface area contributed by atoms with E-state index < -0.39 is 0 Å². The van der Waals surface area contributed by atoms with Gasteiger partial charge >= 0.3 is 0 Å². The molecule has 8 aromatic carbocycles. The fraction of sp³-hybridized carbons (Fsp3) is 0.0172. The summed E-state index contributed by atoms with van der Waals surface area (Å²) in [5.41, 5.74) is 16.8. The van der Waals surface area contributed by atoms with Crippen LogP contribution >= 0.6 is 0 Å². The Labute approximate surface area is 360 Å². The number of allylic oxidation sites excluding steroid dienone is 2. The number of para-hydroxylation sites is 2. The number of hydrogen-bond donors (Lipinski definition) is 1. The van der Waals surface area contributed by atoms with Crippen molar-refractivity contribution in [1.82, 2.24) is 19.4 Å². The normalized spacial score (nSPS) is 14.0. The summed E-state index contributed by atoms with van der Waals surface area (Å²) in [4.78, 5) is 5.19. The lowest BCUT2D eigenvalue weighted by Gasteiger charge is -2.26. The van der Waals surface area contributed by atoms with E-state index in [1.807, 2.05) is 0 Å². The van der Waals surface area contributed by atoms with Gasteiger partial charge in [-0.1, -0.05) is 170 Å². The van der Waals surface area contributed by atoms with Gasteiger partial charge in [-0.15, -0.1) is 0 Å². The SMILES string of the molecule is C1=C(c2ccccc2)NC(c2ccccc2)C=C1n1c2ccccc2c2cc(-c3ccc4c(c3)c3ccccc3n4-c3cc(-c4ccccc4)nc(-c4ccccc4)c3)ccc21. The van der Waals surface area contributed by atoms with E-state index >= 15 is 0 Å². The number of aromatic nitrogens is 3. The van der Waals surface area contributed by atoms with Crippen LogP contribution in [0.25, 0.3) is 94.3 Å². The van der Waals surface area contributed by atoms with E-state index in [1.165, 1.54) is 49.3 Å². The lowest BCUT2D eigenvalue weighted by Crippen LogP contribution is -2.22. The molecule has 1 atom stereocenters. The third-order valence-corrected chi connectivity index (χ3v) is 12.3. The zero-order valence-corrected chi connectivity index (χ0v) is 33.9. The van der Waals surface area contributed by atoms with Crippen LogP contribution in [-0.4, -0.2) is 14.1 Å². The maximum absolute atomic E-state index is 5.19. The molecule has 1 unspecified atom stereocenters. The van der Waals surface area contributed by atoms with Crippen molar-refractivity contribution in [3.8, 4) is 39.3 Å². The average molecular weight is 793 g/mol. The van der Waals surface area contributed by atoms with Crippen LogP contribution in [-0.2, 0) is 0 Å². The molecule has 3 aromatic heterocycles. The molecule has 1 aliphatic rings. The predicted octanol–water partition coefficient (Wildman–Crippen LogP) is 14.5. The van der Waals surface area contributed by atoms with E-state index in [0.717, 1.165) is 56.2 Å². The summed E-state index contributed by atoms with van der Waals surface area (Å²) < 4.78 is 4.84. The molecular weight excluding hydrogens is 753 g/mol. The van der Waals surface area contributed by atoms with E-state index in [2.05, 4.69) is 245 Å². The van der Waals surface area contributed by atoms with E-state index in [0.29, 0.717) is 0 Å². The largest absolute Gasteiger partial charge is 0.374 e. The van der Waals surface area contributed by atoms with Crippen molar-refractivity contribution < 1.29 is 0 Å². The van der Waals surface area contributed by atoms with Crippen LogP contribution in [0.3, 0.4) is 0 Å². The second-order valence-corrected chi connectivity index (χ2v) is 16.0. The van der Waals surface area contributed by atoms with Crippen molar-refractivity contribution in [2.75, 3.05) is 0 Å². The van der Waals surface area contributed by atoms with E-state index in [-0.39, 0.29) is 6.04 Å². The fourth-order valence-electron chi connectivity index (χ4n) is 9.40. The number of nitrogens with zero attached hydrogens (tertiary/aromatic N) is 3. The van der Waals surface area contributed by atoms with Gasteiger partial charge in [-0.25, -0.2) is 4.98 Å². The van der Waals surface area contributed by atoms with Gasteiger partial charge in [0.1, 0.15) is 0 Å². The molecule has 292 valence electrons. The van der Waals surface area contributed by atoms with Crippen molar-refractivity contribution in [3.05, 3.63) is 242 Å². The Hall–Kier alpha value is -8.21. The highest BCUT2D eigenvalue weighted by Crippen LogP contribution is 2.41. The van der Waals surface area contributed by atoms with Gasteiger partial charge in [-0.2, -0.15) is 0 Å². The van der Waals surface area contributed by atoms with Crippen molar-refractivity contribution in [2.24, 2.45) is 0 Å². The highest BCUT2D eigenvalue weighted by molar-refractivity contribution is 6.13. The van der Waals surface area contributed by atoms with Crippen LogP contribution < -0.4 is 5.32 Å². The molecule has 0 radical (unpaired) electrons. The first-order chi connectivity index (χ1) is 30.7. The van der Waals surface area contributed by atoms with Gasteiger partial charge in [0.05, 0.1) is 45.2 Å². The monoisotopic (exact) mass is 792 g/mol. The lowest BCUT2D eigenvalue weighted by molar-refractivity contribution is 0.762. The smallest absolute Gasteiger partial charge is 0.0730 e. The van der Waals surface area contributed by atoms with Crippen LogP contribution in [0.15, 0.2) is 231 Å². The van der Waals surface area contributed by atoms with Crippen LogP contribution in [0.5, 0.6) is 0 Å². The van der Waals surface area contributed by atoms with Gasteiger partial charge in [0.25, 0.3) is 0 Å². The number of pyridine rings is 1. The molecule has 0 amide bonds. The van der Waals surface area contributed by atoms with Crippen molar-refractivity contribution >= 4 is 55.0 Å². The Balaban J connectivity index is 1.01. The standard InChI is InChI=1S/C58H40N4/c1-5-17-39(18-6-1)51-35-45(36-52(59-51)40-19-7-2-8-20-40)61-55-27-15-13-25-47(55)49-33-43(29-31-57(49)61)44-30-32-58-50(34-44)48-26-14-16-28-56(48)62(58)46-37-53(41-21-9-3-10-22-41)60-54(38-46)42-23-11-4-12-24-42/h1-38,51,59H. The minimum atomic E-state index is 0.0118. The maximum Gasteiger partial charge on any atom is 0.0730 e. The van der Waals surface area contributed by atoms with Crippen LogP contribution in [0.1, 0.15) is 17.2 Å². The average Bonchev–Trinajstić information content (AvgIpc) is 3.87. The molecule has 0 fully saturated rings. The molecule has 0 aliphatic carbocycles. The van der Waals surface area contributed by atoms with Gasteiger partial charge in [0, 0.05) is 44.1 Å². The number of rotatable bonds is 7. The summed E-state index contributed by atoms with van der Waals surface area (Å²) in [5, 5.41) is 8.72. The number of fused-ring (bicyclic) bond motifs is 6. The van der Waals surface area contributed by atoms with Crippen molar-refractivity contribution in [1.29, 1.82) is 0 Å². The van der Waals surface area contributed by atoms with Crippen LogP contribution in [0, 0.1) is 0 Å². The Bertz CT molecular complexity index is 3470. The first-order valence-electron chi connectivity index (χ1n) is 21.2. The molecule has 0 saturated heterocycles. The van der Waals surface area contributed by atoms with Crippen molar-refractivity contribution in [2.45, 2.75) is 6.04 Å². The minimum Gasteiger partial charge on any atom is -0.374 e. The van der Waals surface area contributed by atoms with Crippen LogP contribution in [0.2, 0.25) is 0 Å². The fourth-order valence-corrected chi connectivity index (χ4v) is 9.40. The van der Waals surface area contributed by atoms with E-state index in [1.54, 1.807) is 0 Å². The molecule has 4 heterocycles. The zero-order valence-electron chi connectivity index (χ0n) is 33.9. The van der Waals surface area contributed by atoms with Gasteiger partial charge in [-0.3, -0.25) is 0 Å². The number of benzene rings is 8. The van der Waals surface area contributed by atoms with Gasteiger partial charge < -0.3 is 14.5 Å². The Morgan fingerprint density at radius 3 is 1.39 bits per heavy atom. The van der Waals surface area contributed by atoms with Gasteiger partial charge in [-0.05, 0) is 82.9 Å². The third-order valence-electron chi connectivity index (χ3n) is 12.3. The third kappa shape index (κ3) is 6.12. The predicted molar refractivity (Wildman–Crippen MR) is 259 cm³/mol. The highest BCUT2D eigenvalue weighted by Gasteiger charge is 2.22. The summed E-state index contributed by atoms with van der Waals surface area (Å²) >= 11 is 0. The summed E-state index contributed by atoms with van der Waals surface area (Å²) in [7, 11) is 0. The Kier molecular flexibility index (Phi) is 8.53. The lowest BCUT2D eigenvalue weighted by atomic mass is 9.99. The van der Waals surface area contributed by atoms with E-state index in [4.69, 9.17) is 4.98 Å². The minimum absolute atomic E-state index is 0.0118. The Morgan fingerprint density at radius 2 is 0.823 bits per heavy atom. The molecule has 12 rings (SSSR count).